The number of likely N-dealkylation sites (tertiary alicyclic amines) is 3. The first-order chi connectivity index (χ1) is 13.5. The Hall–Kier alpha value is -1.92. The molecule has 3 saturated heterocycles. The number of hydrogen-bond donors (Lipinski definition) is 1. The largest absolute Gasteiger partial charge is 0.391 e. The van der Waals surface area contributed by atoms with E-state index < -0.39 is 12.1 Å². The minimum absolute atomic E-state index is 0.0235. The molecule has 1 aromatic rings. The maximum Gasteiger partial charge on any atom is 0.245 e. The normalized spacial score (nSPS) is 27.5. The maximum atomic E-state index is 13.1. The topological polar surface area (TPSA) is 64.1 Å². The maximum absolute atomic E-state index is 13.1. The number of piperidine rings is 1. The lowest BCUT2D eigenvalue weighted by Crippen LogP contribution is -2.48. The third-order valence-electron chi connectivity index (χ3n) is 6.88. The second-order valence-electron chi connectivity index (χ2n) is 8.85. The summed E-state index contributed by atoms with van der Waals surface area (Å²) >= 11 is 0. The summed E-state index contributed by atoms with van der Waals surface area (Å²) in [6, 6.07) is 10.1. The molecule has 1 spiro atoms. The molecule has 28 heavy (non-hydrogen) atoms. The Morgan fingerprint density at radius 3 is 2.46 bits per heavy atom. The number of nitrogens with zero attached hydrogens (tertiary/aromatic N) is 3. The van der Waals surface area contributed by atoms with Crippen molar-refractivity contribution in [3.8, 4) is 0 Å². The summed E-state index contributed by atoms with van der Waals surface area (Å²) in [4.78, 5) is 30.9. The molecule has 2 atom stereocenters. The van der Waals surface area contributed by atoms with Gasteiger partial charge in [-0.15, -0.1) is 0 Å². The van der Waals surface area contributed by atoms with Gasteiger partial charge in [-0.2, -0.15) is 0 Å². The van der Waals surface area contributed by atoms with Crippen molar-refractivity contribution in [1.29, 1.82) is 0 Å². The SMILES string of the molecule is CC(=O)N1C[C@@H](O)C[C@@H]1C(=O)N1CCC2(CCN(Cc3ccccc3)CC2)C1. The molecule has 0 aliphatic carbocycles. The monoisotopic (exact) mass is 385 g/mol. The van der Waals surface area contributed by atoms with Crippen molar-refractivity contribution in [3.63, 3.8) is 0 Å². The van der Waals surface area contributed by atoms with Gasteiger partial charge in [-0.05, 0) is 43.3 Å². The van der Waals surface area contributed by atoms with E-state index in [0.717, 1.165) is 52.0 Å². The van der Waals surface area contributed by atoms with Gasteiger partial charge in [-0.25, -0.2) is 0 Å². The number of aliphatic hydroxyl groups excluding tert-OH is 1. The predicted octanol–water partition coefficient (Wildman–Crippen LogP) is 1.48. The zero-order valence-corrected chi connectivity index (χ0v) is 16.7. The van der Waals surface area contributed by atoms with Crippen LogP contribution < -0.4 is 0 Å². The highest BCUT2D eigenvalue weighted by atomic mass is 16.3. The van der Waals surface area contributed by atoms with Crippen LogP contribution in [0.1, 0.15) is 38.2 Å². The second-order valence-corrected chi connectivity index (χ2v) is 8.85. The lowest BCUT2D eigenvalue weighted by molar-refractivity contribution is -0.142. The molecule has 0 saturated carbocycles. The van der Waals surface area contributed by atoms with Crippen LogP contribution in [-0.2, 0) is 16.1 Å². The molecule has 6 nitrogen and oxygen atoms in total. The Bertz CT molecular complexity index is 715. The standard InChI is InChI=1S/C22H31N3O3/c1-17(26)25-15-19(27)13-20(25)21(28)24-12-9-22(16-24)7-10-23(11-8-22)14-18-5-3-2-4-6-18/h2-6,19-20,27H,7-16H2,1H3/t19-,20+/m0/s1. The minimum atomic E-state index is -0.587. The summed E-state index contributed by atoms with van der Waals surface area (Å²) in [5.41, 5.74) is 1.58. The smallest absolute Gasteiger partial charge is 0.245 e. The molecule has 3 heterocycles. The van der Waals surface area contributed by atoms with Gasteiger partial charge in [0.2, 0.25) is 11.8 Å². The first kappa shape index (κ1) is 19.4. The van der Waals surface area contributed by atoms with E-state index in [4.69, 9.17) is 0 Å². The lowest BCUT2D eigenvalue weighted by atomic mass is 9.77. The Morgan fingerprint density at radius 2 is 1.79 bits per heavy atom. The fourth-order valence-electron chi connectivity index (χ4n) is 5.17. The van der Waals surface area contributed by atoms with Crippen molar-refractivity contribution in [2.24, 2.45) is 5.41 Å². The number of benzene rings is 1. The number of rotatable bonds is 3. The van der Waals surface area contributed by atoms with E-state index in [1.54, 1.807) is 4.90 Å². The highest BCUT2D eigenvalue weighted by molar-refractivity contribution is 5.88. The number of hydrogen-bond acceptors (Lipinski definition) is 4. The molecule has 3 fully saturated rings. The predicted molar refractivity (Wildman–Crippen MR) is 106 cm³/mol. The van der Waals surface area contributed by atoms with E-state index in [2.05, 4.69) is 35.2 Å². The number of carbonyl (C=O) groups excluding carboxylic acids is 2. The van der Waals surface area contributed by atoms with Crippen molar-refractivity contribution in [2.45, 2.75) is 51.3 Å². The van der Waals surface area contributed by atoms with E-state index in [0.29, 0.717) is 6.42 Å². The summed E-state index contributed by atoms with van der Waals surface area (Å²) in [7, 11) is 0. The summed E-state index contributed by atoms with van der Waals surface area (Å²) in [5.74, 6) is -0.103. The first-order valence-corrected chi connectivity index (χ1v) is 10.5. The Balaban J connectivity index is 1.33. The molecule has 0 unspecified atom stereocenters. The van der Waals surface area contributed by atoms with Gasteiger partial charge in [-0.3, -0.25) is 14.5 Å². The summed E-state index contributed by atoms with van der Waals surface area (Å²) in [5, 5.41) is 9.93. The van der Waals surface area contributed by atoms with Crippen LogP contribution in [0.5, 0.6) is 0 Å². The second kappa shape index (κ2) is 7.84. The quantitative estimate of drug-likeness (QED) is 0.856. The third kappa shape index (κ3) is 3.94. The molecule has 0 aromatic heterocycles. The molecule has 3 aliphatic heterocycles. The molecule has 3 aliphatic rings. The van der Waals surface area contributed by atoms with Crippen LogP contribution in [0.2, 0.25) is 0 Å². The lowest BCUT2D eigenvalue weighted by Gasteiger charge is -2.39. The zero-order valence-electron chi connectivity index (χ0n) is 16.7. The molecule has 4 rings (SSSR count). The average molecular weight is 386 g/mol. The van der Waals surface area contributed by atoms with Crippen LogP contribution in [0.15, 0.2) is 30.3 Å². The molecule has 6 heteroatoms. The molecule has 2 amide bonds. The Kier molecular flexibility index (Phi) is 5.43. The highest BCUT2D eigenvalue weighted by Crippen LogP contribution is 2.41. The number of carbonyl (C=O) groups is 2. The van der Waals surface area contributed by atoms with E-state index in [9.17, 15) is 14.7 Å². The van der Waals surface area contributed by atoms with Crippen molar-refractivity contribution >= 4 is 11.8 Å². The molecule has 1 N–H and O–H groups in total. The summed E-state index contributed by atoms with van der Waals surface area (Å²) < 4.78 is 0. The van der Waals surface area contributed by atoms with Gasteiger partial charge in [0, 0.05) is 39.5 Å². The fraction of sp³-hybridized carbons (Fsp3) is 0.636. The number of β-amino-alcohol motifs (C(OH)–C–C–N with tert-alkyl or cyclic N) is 1. The number of aliphatic hydroxyl groups is 1. The van der Waals surface area contributed by atoms with Crippen LogP contribution in [0.25, 0.3) is 0 Å². The van der Waals surface area contributed by atoms with Gasteiger partial charge < -0.3 is 14.9 Å². The van der Waals surface area contributed by atoms with E-state index >= 15 is 0 Å². The molecule has 0 bridgehead atoms. The van der Waals surface area contributed by atoms with Crippen molar-refractivity contribution in [1.82, 2.24) is 14.7 Å². The Morgan fingerprint density at radius 1 is 1.11 bits per heavy atom. The van der Waals surface area contributed by atoms with E-state index in [-0.39, 0.29) is 23.8 Å². The van der Waals surface area contributed by atoms with Crippen molar-refractivity contribution < 1.29 is 14.7 Å². The van der Waals surface area contributed by atoms with Crippen molar-refractivity contribution in [2.75, 3.05) is 32.7 Å². The van der Waals surface area contributed by atoms with E-state index in [1.807, 2.05) is 4.90 Å². The molecule has 0 radical (unpaired) electrons. The Labute approximate surface area is 167 Å². The zero-order chi connectivity index (χ0) is 19.7. The van der Waals surface area contributed by atoms with E-state index in [1.165, 1.54) is 12.5 Å². The highest BCUT2D eigenvalue weighted by Gasteiger charge is 2.46. The van der Waals surface area contributed by atoms with Crippen LogP contribution in [0.4, 0.5) is 0 Å². The third-order valence-corrected chi connectivity index (χ3v) is 6.88. The molecule has 152 valence electrons. The summed E-state index contributed by atoms with van der Waals surface area (Å²) in [6.45, 7) is 6.45. The van der Waals surface area contributed by atoms with Gasteiger partial charge in [0.25, 0.3) is 0 Å². The minimum Gasteiger partial charge on any atom is -0.391 e. The average Bonchev–Trinajstić information content (AvgIpc) is 3.28. The molecular formula is C22H31N3O3. The summed E-state index contributed by atoms with van der Waals surface area (Å²) in [6.07, 6.45) is 3.07. The first-order valence-electron chi connectivity index (χ1n) is 10.5. The van der Waals surface area contributed by atoms with Gasteiger partial charge in [0.15, 0.2) is 0 Å². The van der Waals surface area contributed by atoms with Crippen molar-refractivity contribution in [3.05, 3.63) is 35.9 Å². The van der Waals surface area contributed by atoms with Gasteiger partial charge in [-0.1, -0.05) is 30.3 Å². The van der Waals surface area contributed by atoms with Crippen LogP contribution in [0, 0.1) is 5.41 Å². The van der Waals surface area contributed by atoms with Gasteiger partial charge in [0.05, 0.1) is 6.10 Å². The van der Waals surface area contributed by atoms with Crippen LogP contribution >= 0.6 is 0 Å². The molecule has 1 aromatic carbocycles. The van der Waals surface area contributed by atoms with Gasteiger partial charge in [0.1, 0.15) is 6.04 Å². The number of amides is 2. The van der Waals surface area contributed by atoms with Crippen LogP contribution in [0.3, 0.4) is 0 Å². The fourth-order valence-corrected chi connectivity index (χ4v) is 5.17. The van der Waals surface area contributed by atoms with Gasteiger partial charge >= 0.3 is 0 Å². The van der Waals surface area contributed by atoms with Crippen LogP contribution in [-0.4, -0.2) is 76.5 Å². The molecular weight excluding hydrogens is 354 g/mol.